The third kappa shape index (κ3) is 23.7. The Morgan fingerprint density at radius 2 is 1.02 bits per heavy atom. The molecule has 0 atom stereocenters. The number of carboxylic acids is 1. The van der Waals surface area contributed by atoms with Crippen molar-refractivity contribution in [1.29, 1.82) is 0 Å². The fraction of sp³-hybridized carbons (Fsp3) is 0.500. The van der Waals surface area contributed by atoms with Gasteiger partial charge in [0.2, 0.25) is 20.0 Å². The zero-order chi connectivity index (χ0) is 96.9. The number of ether oxygens (including phenoxy) is 5. The van der Waals surface area contributed by atoms with Crippen LogP contribution in [-0.2, 0) is 47.3 Å². The topological polar surface area (TPSA) is 337 Å². The zero-order valence-electron chi connectivity index (χ0n) is 79.5. The first-order valence-corrected chi connectivity index (χ1v) is 50.4. The number of nitrogens with one attached hydrogen (secondary N) is 3. The van der Waals surface area contributed by atoms with Crippen LogP contribution in [0.1, 0.15) is 242 Å². The van der Waals surface area contributed by atoms with Gasteiger partial charge in [-0.05, 0) is 254 Å². The molecule has 0 bridgehead atoms. The number of para-hydroxylation sites is 1. The number of fused-ring (bicyclic) bond motifs is 11. The predicted octanol–water partition coefficient (Wildman–Crippen LogP) is 15.5. The van der Waals surface area contributed by atoms with Gasteiger partial charge in [-0.25, -0.2) is 40.5 Å². The molecule has 10 heterocycles. The van der Waals surface area contributed by atoms with E-state index in [0.717, 1.165) is 238 Å². The lowest BCUT2D eigenvalue weighted by atomic mass is 9.81. The van der Waals surface area contributed by atoms with Crippen molar-refractivity contribution in [2.75, 3.05) is 128 Å². The van der Waals surface area contributed by atoms with Gasteiger partial charge in [0, 0.05) is 90.0 Å². The molecule has 19 rings (SSSR count). The van der Waals surface area contributed by atoms with Crippen LogP contribution in [-0.4, -0.2) is 261 Å². The Morgan fingerprint density at radius 1 is 0.551 bits per heavy atom. The molecule has 9 aliphatic rings. The number of carboxylic acid groups (broad SMARTS) is 1. The number of allylic oxidation sites excluding steroid dienone is 2. The number of amides is 3. The molecule has 0 unspecified atom stereocenters. The van der Waals surface area contributed by atoms with Crippen molar-refractivity contribution in [3.63, 3.8) is 0 Å². The van der Waals surface area contributed by atoms with Crippen LogP contribution in [0.3, 0.4) is 0 Å². The number of hydrogen-bond acceptors (Lipinski definition) is 20. The van der Waals surface area contributed by atoms with Gasteiger partial charge in [0.1, 0.15) is 28.1 Å². The number of likely N-dealkylation sites (N-methyl/N-ethyl adjacent to an activating group) is 1. The van der Waals surface area contributed by atoms with Crippen molar-refractivity contribution in [1.82, 2.24) is 73.3 Å². The second kappa shape index (κ2) is 44.9. The molecular weight excluding hydrogens is 1790 g/mol. The van der Waals surface area contributed by atoms with E-state index in [4.69, 9.17) is 33.6 Å². The minimum Gasteiger partial charge on any atom is -0.497 e. The van der Waals surface area contributed by atoms with Gasteiger partial charge >= 0.3 is 19.2 Å². The number of morpholine rings is 1. The quantitative estimate of drug-likeness (QED) is 0.0216. The first kappa shape index (κ1) is 101. The fourth-order valence-electron chi connectivity index (χ4n) is 18.8. The molecule has 10 aromatic rings. The Bertz CT molecular complexity index is 6250. The summed E-state index contributed by atoms with van der Waals surface area (Å²) in [4.78, 5) is 67.0. The van der Waals surface area contributed by atoms with E-state index in [1.54, 1.807) is 52.5 Å². The molecule has 7 fully saturated rings. The summed E-state index contributed by atoms with van der Waals surface area (Å²) in [5.74, 6) is -0.354. The van der Waals surface area contributed by atoms with E-state index in [2.05, 4.69) is 86.3 Å². The number of nitrogens with zero attached hydrogens (tertiary/aromatic N) is 13. The molecular formula is C98H127BF4N16O15S2. The predicted molar refractivity (Wildman–Crippen MR) is 519 cm³/mol. The van der Waals surface area contributed by atoms with Gasteiger partial charge in [-0.15, -0.1) is 5.10 Å². The van der Waals surface area contributed by atoms with E-state index in [1.807, 2.05) is 108 Å². The lowest BCUT2D eigenvalue weighted by molar-refractivity contribution is -0.480. The van der Waals surface area contributed by atoms with Crippen molar-refractivity contribution in [3.8, 4) is 34.0 Å². The van der Waals surface area contributed by atoms with Gasteiger partial charge < -0.3 is 70.3 Å². The third-order valence-electron chi connectivity index (χ3n) is 26.4. The molecule has 5 aromatic heterocycles. The molecule has 4 saturated carbocycles. The molecule has 136 heavy (non-hydrogen) atoms. The molecule has 38 heteroatoms. The number of hydrogen-bond donors (Lipinski definition) is 4. The molecule has 3 amide bonds. The average molecular weight is 1920 g/mol. The van der Waals surface area contributed by atoms with Gasteiger partial charge in [-0.1, -0.05) is 67.6 Å². The number of halogens is 4. The Morgan fingerprint density at radius 3 is 1.48 bits per heavy atom. The number of rotatable bonds is 17. The summed E-state index contributed by atoms with van der Waals surface area (Å²) in [6, 6.07) is 31.9. The number of amidine groups is 1. The maximum absolute atomic E-state index is 14.4. The molecule has 5 aromatic carbocycles. The number of sulfonamides is 2. The summed E-state index contributed by atoms with van der Waals surface area (Å²) in [5.41, 5.74) is 16.3. The van der Waals surface area contributed by atoms with E-state index >= 15 is 0 Å². The van der Waals surface area contributed by atoms with Gasteiger partial charge in [-0.2, -0.15) is 10.2 Å². The largest absolute Gasteiger partial charge is 0.673 e. The lowest BCUT2D eigenvalue weighted by Gasteiger charge is -2.29. The van der Waals surface area contributed by atoms with Crippen LogP contribution in [0.25, 0.3) is 78.7 Å². The number of aromatic nitrogens is 9. The smallest absolute Gasteiger partial charge is 0.497 e. The first-order valence-electron chi connectivity index (χ1n) is 47.3. The highest BCUT2D eigenvalue weighted by Gasteiger charge is 2.39. The van der Waals surface area contributed by atoms with Crippen LogP contribution in [0, 0.1) is 0 Å². The van der Waals surface area contributed by atoms with Crippen molar-refractivity contribution in [2.45, 2.75) is 191 Å². The van der Waals surface area contributed by atoms with E-state index in [9.17, 15) is 58.4 Å². The van der Waals surface area contributed by atoms with E-state index in [1.165, 1.54) is 55.3 Å². The van der Waals surface area contributed by atoms with Gasteiger partial charge in [-0.3, -0.25) is 28.6 Å². The molecule has 732 valence electrons. The minimum absolute atomic E-state index is 0.0436. The Balaban J connectivity index is 0.000000160. The Hall–Kier alpha value is -11.3. The summed E-state index contributed by atoms with van der Waals surface area (Å²) < 4.78 is 132. The maximum Gasteiger partial charge on any atom is 0.673 e. The second-order valence-electron chi connectivity index (χ2n) is 36.8. The maximum atomic E-state index is 14.4. The Labute approximate surface area is 792 Å². The number of methoxy groups -OCH3 is 2. The molecule has 0 radical (unpaired) electrons. The molecule has 0 spiro atoms. The van der Waals surface area contributed by atoms with Crippen LogP contribution >= 0.6 is 0 Å². The standard InChI is InChI=1S/C41H49N5O6S.C36H40N4O6S.C11H16N5O.2C5H11NO.BF4/c1-26(2)53(49,50)43-40(47)28-13-15-34-36(23-28)45-25-30(21-29-22-32(51-3)14-16-33(29)39(45)37(34)27-9-5-4-6-10-27)38-35(24-42-46(38)31-11-7-12-31)41(48)44-17-8-19-52-20-18-44;1-21(2)47(44,45)38-35(41)23-12-14-29-31(18-23)39-20-25(33-30(36(42)43)19-37-40(33)26-10-7-11-26)16-24-17-27(46-3)13-15-28(24)34(39)32(29)22-8-5-4-6-9-22;1-14(2)11(15(3)4)17-16-10-8-6-5-7-9(10)12-13-16;1-6-2-4-7-5-3-6;1-2-6-3-5-7-4-1;2-1(3,4)5/h13-16,21-24,26-27,31H,4-12,17-20,25H2,1-3H3,(H,43,47);12-19,21-22,26H,4-11,20H2,1-3H3,(H,38,41)(H,42,43);5-8H,1-4H3;2-5H2,1H3;6H,1-5H2;/q;;+1;;;-1. The van der Waals surface area contributed by atoms with Crippen LogP contribution in [0.15, 0.2) is 109 Å². The third-order valence-corrected chi connectivity index (χ3v) is 29.8. The van der Waals surface area contributed by atoms with Gasteiger partial charge in [0.15, 0.2) is 0 Å². The van der Waals surface area contributed by atoms with Crippen molar-refractivity contribution in [2.24, 2.45) is 0 Å². The van der Waals surface area contributed by atoms with E-state index in [-0.39, 0.29) is 34.7 Å². The molecule has 31 nitrogen and oxygen atoms in total. The fourth-order valence-corrected chi connectivity index (χ4v) is 20.0. The summed E-state index contributed by atoms with van der Waals surface area (Å²) >= 11 is 0. The molecule has 4 N–H and O–H groups in total. The van der Waals surface area contributed by atoms with E-state index < -0.39 is 55.6 Å². The second-order valence-corrected chi connectivity index (χ2v) is 41.3. The number of aromatic carboxylic acids is 1. The first-order chi connectivity index (χ1) is 65.2. The molecule has 3 saturated heterocycles. The lowest BCUT2D eigenvalue weighted by Crippen LogP contribution is -2.39. The number of carbonyl (C=O) groups excluding carboxylic acids is 3. The highest BCUT2D eigenvalue weighted by molar-refractivity contribution is 7.90. The van der Waals surface area contributed by atoms with Crippen molar-refractivity contribution >= 4 is 113 Å². The SMILES string of the molecule is C1CNCCOC1.CN(C)C(On1nnc2ccccc21)=[N+](C)C.CN1CCOCC1.COc1ccc2c(c1)C=C(c1c(C(=O)N3CCCOCC3)cnn1C1CCC1)Cn1c-2c(C2CCCCC2)c2ccc(C(=O)NS(=O)(=O)C(C)C)cc21.COc1ccc2c(c1)C=C(c1c(C(=O)O)cnn1C1CCC1)Cn1c-2c(C2CCCCC2)c2ccc(C(=O)NS(=O)(=O)C(C)C)cc21.F[B-](F)(F)F. The van der Waals surface area contributed by atoms with Crippen molar-refractivity contribution < 1.29 is 91.5 Å². The summed E-state index contributed by atoms with van der Waals surface area (Å²) in [5, 5.41) is 31.6. The number of benzene rings is 5. The minimum atomic E-state index is -6.00. The molecule has 5 aliphatic heterocycles. The van der Waals surface area contributed by atoms with Gasteiger partial charge in [0.25, 0.3) is 17.7 Å². The summed E-state index contributed by atoms with van der Waals surface area (Å²) in [6.07, 6.45) is 26.7. The van der Waals surface area contributed by atoms with Crippen LogP contribution < -0.4 is 29.1 Å². The average Bonchev–Trinajstić information content (AvgIpc) is 1.58. The van der Waals surface area contributed by atoms with Crippen LogP contribution in [0.2, 0.25) is 0 Å². The normalized spacial score (nSPS) is 17.4. The van der Waals surface area contributed by atoms with Gasteiger partial charge in [0.05, 0.1) is 145 Å². The summed E-state index contributed by atoms with van der Waals surface area (Å²) in [7, 11) is -0.604. The van der Waals surface area contributed by atoms with Crippen molar-refractivity contribution in [3.05, 3.63) is 165 Å². The number of carbonyl (C=O) groups is 4. The summed E-state index contributed by atoms with van der Waals surface area (Å²) in [6.45, 7) is 17.2. The molecule has 4 aliphatic carbocycles. The highest BCUT2D eigenvalue weighted by Crippen LogP contribution is 2.52. The van der Waals surface area contributed by atoms with Crippen LogP contribution in [0.4, 0.5) is 17.3 Å². The highest BCUT2D eigenvalue weighted by atomic mass is 32.2. The monoisotopic (exact) mass is 1920 g/mol. The van der Waals surface area contributed by atoms with Crippen LogP contribution in [0.5, 0.6) is 11.5 Å². The van der Waals surface area contributed by atoms with E-state index in [0.29, 0.717) is 74.3 Å². The zero-order valence-corrected chi connectivity index (χ0v) is 81.2. The Kier molecular flexibility index (Phi) is 33.2.